The Kier molecular flexibility index (Phi) is 3.60. The minimum Gasteiger partial charge on any atom is -0.488 e. The minimum absolute atomic E-state index is 0.282. The average molecular weight is 272 g/mol. The molecule has 4 heteroatoms. The fourth-order valence-corrected chi connectivity index (χ4v) is 3.28. The van der Waals surface area contributed by atoms with Crippen molar-refractivity contribution in [3.05, 3.63) is 29.8 Å². The molecule has 4 nitrogen and oxygen atoms in total. The Morgan fingerprint density at radius 1 is 1.35 bits per heavy atom. The minimum atomic E-state index is -0.364. The van der Waals surface area contributed by atoms with Crippen LogP contribution >= 0.6 is 0 Å². The smallest absolute Gasteiger partial charge is 0.235 e. The van der Waals surface area contributed by atoms with Gasteiger partial charge in [0.05, 0.1) is 5.54 Å². The van der Waals surface area contributed by atoms with Gasteiger partial charge in [-0.15, -0.1) is 0 Å². The highest BCUT2D eigenvalue weighted by atomic mass is 16.5. The number of rotatable bonds is 4. The lowest BCUT2D eigenvalue weighted by Crippen LogP contribution is -2.51. The lowest BCUT2D eigenvalue weighted by Gasteiger charge is -2.36. The first-order valence-corrected chi connectivity index (χ1v) is 7.27. The summed E-state index contributed by atoms with van der Waals surface area (Å²) < 4.78 is 5.96. The highest BCUT2D eigenvalue weighted by Gasteiger charge is 2.36. The van der Waals surface area contributed by atoms with E-state index < -0.39 is 0 Å². The zero-order valence-corrected chi connectivity index (χ0v) is 11.8. The number of likely N-dealkylation sites (tertiary alicyclic amines) is 1. The van der Waals surface area contributed by atoms with Crippen LogP contribution in [0.3, 0.4) is 0 Å². The van der Waals surface area contributed by atoms with Crippen molar-refractivity contribution in [3.8, 4) is 5.75 Å². The Morgan fingerprint density at radius 3 is 2.75 bits per heavy atom. The SMILES string of the molecule is CN1CC(Oc2cccc(C3(N=C=O)CCCC3)c2)C1. The highest BCUT2D eigenvalue weighted by molar-refractivity contribution is 5.41. The predicted molar refractivity (Wildman–Crippen MR) is 76.6 cm³/mol. The maximum atomic E-state index is 10.8. The zero-order valence-electron chi connectivity index (χ0n) is 11.8. The topological polar surface area (TPSA) is 41.9 Å². The fourth-order valence-electron chi connectivity index (χ4n) is 3.28. The molecule has 20 heavy (non-hydrogen) atoms. The second-order valence-electron chi connectivity index (χ2n) is 5.93. The number of hydrogen-bond donors (Lipinski definition) is 0. The summed E-state index contributed by atoms with van der Waals surface area (Å²) in [6.07, 6.45) is 6.13. The summed E-state index contributed by atoms with van der Waals surface area (Å²) >= 11 is 0. The van der Waals surface area contributed by atoms with Crippen molar-refractivity contribution >= 4 is 6.08 Å². The Morgan fingerprint density at radius 2 is 2.10 bits per heavy atom. The molecule has 1 aliphatic carbocycles. The van der Waals surface area contributed by atoms with Crippen LogP contribution in [-0.4, -0.2) is 37.2 Å². The van der Waals surface area contributed by atoms with Gasteiger partial charge in [0.2, 0.25) is 6.08 Å². The molecular formula is C16H20N2O2. The third-order valence-electron chi connectivity index (χ3n) is 4.40. The van der Waals surface area contributed by atoms with Gasteiger partial charge in [0.15, 0.2) is 0 Å². The second kappa shape index (κ2) is 5.39. The van der Waals surface area contributed by atoms with Gasteiger partial charge in [0, 0.05) is 13.1 Å². The molecule has 1 saturated heterocycles. The van der Waals surface area contributed by atoms with Crippen LogP contribution in [0.15, 0.2) is 29.3 Å². The fraction of sp³-hybridized carbons (Fsp3) is 0.562. The molecule has 106 valence electrons. The van der Waals surface area contributed by atoms with E-state index in [1.54, 1.807) is 6.08 Å². The number of ether oxygens (including phenoxy) is 1. The first-order valence-electron chi connectivity index (χ1n) is 7.27. The van der Waals surface area contributed by atoms with E-state index in [0.717, 1.165) is 50.1 Å². The van der Waals surface area contributed by atoms with E-state index in [9.17, 15) is 4.79 Å². The van der Waals surface area contributed by atoms with Gasteiger partial charge >= 0.3 is 0 Å². The van der Waals surface area contributed by atoms with Crippen LogP contribution in [0.1, 0.15) is 31.2 Å². The Labute approximate surface area is 119 Å². The van der Waals surface area contributed by atoms with E-state index in [1.165, 1.54) is 0 Å². The molecule has 2 fully saturated rings. The molecule has 1 aromatic carbocycles. The van der Waals surface area contributed by atoms with Crippen molar-refractivity contribution in [2.24, 2.45) is 4.99 Å². The van der Waals surface area contributed by atoms with Crippen LogP contribution in [-0.2, 0) is 10.3 Å². The maximum absolute atomic E-state index is 10.8. The number of nitrogens with zero attached hydrogens (tertiary/aromatic N) is 2. The summed E-state index contributed by atoms with van der Waals surface area (Å²) in [6, 6.07) is 8.07. The first-order chi connectivity index (χ1) is 9.72. The molecule has 1 aromatic rings. The van der Waals surface area contributed by atoms with E-state index in [4.69, 9.17) is 4.74 Å². The van der Waals surface area contributed by atoms with Gasteiger partial charge < -0.3 is 4.74 Å². The van der Waals surface area contributed by atoms with Gasteiger partial charge in [0.1, 0.15) is 11.9 Å². The van der Waals surface area contributed by atoms with Gasteiger partial charge in [-0.2, -0.15) is 4.99 Å². The molecule has 0 aromatic heterocycles. The van der Waals surface area contributed by atoms with Gasteiger partial charge in [-0.3, -0.25) is 4.90 Å². The van der Waals surface area contributed by atoms with Crippen molar-refractivity contribution in [1.82, 2.24) is 4.90 Å². The number of benzene rings is 1. The first kappa shape index (κ1) is 13.3. The van der Waals surface area contributed by atoms with Crippen LogP contribution in [0.25, 0.3) is 0 Å². The third kappa shape index (κ3) is 2.49. The van der Waals surface area contributed by atoms with Crippen molar-refractivity contribution in [1.29, 1.82) is 0 Å². The summed E-state index contributed by atoms with van der Waals surface area (Å²) in [4.78, 5) is 17.1. The summed E-state index contributed by atoms with van der Waals surface area (Å²) in [5, 5.41) is 0. The summed E-state index contributed by atoms with van der Waals surface area (Å²) in [5.74, 6) is 0.882. The quantitative estimate of drug-likeness (QED) is 0.624. The van der Waals surface area contributed by atoms with E-state index in [-0.39, 0.29) is 11.6 Å². The number of aliphatic imine (C=N–C) groups is 1. The van der Waals surface area contributed by atoms with Crippen LogP contribution in [0.2, 0.25) is 0 Å². The molecule has 0 atom stereocenters. The molecule has 0 bridgehead atoms. The van der Waals surface area contributed by atoms with E-state index in [1.807, 2.05) is 24.3 Å². The van der Waals surface area contributed by atoms with Gasteiger partial charge in [-0.25, -0.2) is 4.79 Å². The van der Waals surface area contributed by atoms with Crippen molar-refractivity contribution in [2.75, 3.05) is 20.1 Å². The Hall–Kier alpha value is -1.64. The van der Waals surface area contributed by atoms with Crippen LogP contribution in [0, 0.1) is 0 Å². The number of hydrogen-bond acceptors (Lipinski definition) is 4. The lowest BCUT2D eigenvalue weighted by atomic mass is 9.89. The predicted octanol–water partition coefficient (Wildman–Crippen LogP) is 2.48. The highest BCUT2D eigenvalue weighted by Crippen LogP contribution is 2.42. The average Bonchev–Trinajstić information content (AvgIpc) is 2.88. The molecule has 0 amide bonds. The molecule has 0 unspecified atom stereocenters. The summed E-state index contributed by atoms with van der Waals surface area (Å²) in [5.41, 5.74) is 0.723. The van der Waals surface area contributed by atoms with Crippen molar-refractivity contribution in [2.45, 2.75) is 37.3 Å². The molecule has 0 N–H and O–H groups in total. The van der Waals surface area contributed by atoms with Gasteiger partial charge in [-0.05, 0) is 37.6 Å². The second-order valence-corrected chi connectivity index (χ2v) is 5.93. The molecule has 0 spiro atoms. The molecule has 1 saturated carbocycles. The normalized spacial score (nSPS) is 22.1. The molecule has 1 aliphatic heterocycles. The standard InChI is InChI=1S/C16H20N2O2/c1-18-10-15(11-18)20-14-6-4-5-13(9-14)16(17-12-19)7-2-3-8-16/h4-6,9,15H,2-3,7-8,10-11H2,1H3. The lowest BCUT2D eigenvalue weighted by molar-refractivity contribution is 0.0387. The van der Waals surface area contributed by atoms with E-state index >= 15 is 0 Å². The molecule has 3 rings (SSSR count). The number of isocyanates is 1. The van der Waals surface area contributed by atoms with Crippen molar-refractivity contribution in [3.63, 3.8) is 0 Å². The number of carbonyl (C=O) groups excluding carboxylic acids is 1. The molecule has 1 heterocycles. The summed E-state index contributed by atoms with van der Waals surface area (Å²) in [6.45, 7) is 1.95. The van der Waals surface area contributed by atoms with Crippen LogP contribution < -0.4 is 4.74 Å². The third-order valence-corrected chi connectivity index (χ3v) is 4.40. The number of likely N-dealkylation sites (N-methyl/N-ethyl adjacent to an activating group) is 1. The van der Waals surface area contributed by atoms with Gasteiger partial charge in [0.25, 0.3) is 0 Å². The van der Waals surface area contributed by atoms with Crippen LogP contribution in [0.4, 0.5) is 0 Å². The molecule has 2 aliphatic rings. The van der Waals surface area contributed by atoms with E-state index in [2.05, 4.69) is 16.9 Å². The van der Waals surface area contributed by atoms with Crippen LogP contribution in [0.5, 0.6) is 5.75 Å². The molecular weight excluding hydrogens is 252 g/mol. The summed E-state index contributed by atoms with van der Waals surface area (Å²) in [7, 11) is 2.09. The Bertz CT molecular complexity index is 525. The van der Waals surface area contributed by atoms with Crippen molar-refractivity contribution < 1.29 is 9.53 Å². The van der Waals surface area contributed by atoms with E-state index in [0.29, 0.717) is 0 Å². The largest absolute Gasteiger partial charge is 0.488 e. The van der Waals surface area contributed by atoms with Gasteiger partial charge in [-0.1, -0.05) is 25.0 Å². The zero-order chi connectivity index (χ0) is 14.0. The molecule has 0 radical (unpaired) electrons. The Balaban J connectivity index is 1.81. The monoisotopic (exact) mass is 272 g/mol. The maximum Gasteiger partial charge on any atom is 0.235 e.